The van der Waals surface area contributed by atoms with Crippen molar-refractivity contribution in [2.45, 2.75) is 32.9 Å². The molecule has 0 radical (unpaired) electrons. The number of amides is 1. The van der Waals surface area contributed by atoms with Crippen LogP contribution < -0.4 is 16.8 Å². The molecule has 0 saturated heterocycles. The van der Waals surface area contributed by atoms with Crippen LogP contribution in [0.1, 0.15) is 40.9 Å². The van der Waals surface area contributed by atoms with Crippen molar-refractivity contribution in [2.75, 3.05) is 13.2 Å². The van der Waals surface area contributed by atoms with Crippen molar-refractivity contribution in [3.63, 3.8) is 0 Å². The van der Waals surface area contributed by atoms with Crippen LogP contribution in [-0.2, 0) is 13.0 Å². The third-order valence-electron chi connectivity index (χ3n) is 5.70. The number of nitrogens with two attached hydrogens (primary N) is 2. The van der Waals surface area contributed by atoms with E-state index >= 15 is 0 Å². The van der Waals surface area contributed by atoms with Gasteiger partial charge in [0.1, 0.15) is 5.84 Å². The van der Waals surface area contributed by atoms with Gasteiger partial charge < -0.3 is 27.0 Å². The lowest BCUT2D eigenvalue weighted by Crippen LogP contribution is -2.45. The lowest BCUT2D eigenvalue weighted by Gasteiger charge is -2.25. The molecule has 0 heterocycles. The molecule has 0 spiro atoms. The molecule has 7 heteroatoms. The van der Waals surface area contributed by atoms with Crippen LogP contribution in [0.2, 0.25) is 0 Å². The summed E-state index contributed by atoms with van der Waals surface area (Å²) in [6.45, 7) is 3.93. The average molecular weight is 477 g/mol. The number of aliphatic hydroxyl groups excluding tert-OH is 2. The zero-order valence-corrected chi connectivity index (χ0v) is 20.4. The van der Waals surface area contributed by atoms with Gasteiger partial charge in [-0.25, -0.2) is 0 Å². The first-order valence-electron chi connectivity index (χ1n) is 11.8. The number of benzene rings is 3. The Morgan fingerprint density at radius 2 is 1.54 bits per heavy atom. The number of hydrogen-bond acceptors (Lipinski definition) is 5. The fourth-order valence-electron chi connectivity index (χ4n) is 3.76. The van der Waals surface area contributed by atoms with Gasteiger partial charge in [-0.3, -0.25) is 10.2 Å². The number of aliphatic hydroxyl groups is 2. The molecule has 1 amide bonds. The summed E-state index contributed by atoms with van der Waals surface area (Å²) in [6, 6.07) is 21.7. The molecule has 3 aromatic rings. The highest BCUT2D eigenvalue weighted by atomic mass is 16.3. The highest BCUT2D eigenvalue weighted by Gasteiger charge is 2.23. The maximum absolute atomic E-state index is 12.8. The molecule has 0 aliphatic rings. The molecule has 0 saturated carbocycles. The normalized spacial score (nSPS) is 12.1. The largest absolute Gasteiger partial charge is 0.396 e. The van der Waals surface area contributed by atoms with Crippen molar-refractivity contribution >= 4 is 11.7 Å². The topological polar surface area (TPSA) is 145 Å². The summed E-state index contributed by atoms with van der Waals surface area (Å²) < 4.78 is 0. The van der Waals surface area contributed by atoms with E-state index in [1.54, 1.807) is 30.3 Å². The monoisotopic (exact) mass is 476 g/mol. The number of carbonyl (C=O) groups is 1. The quantitative estimate of drug-likeness (QED) is 0.197. The van der Waals surface area contributed by atoms with Crippen LogP contribution in [0.25, 0.3) is 11.1 Å². The molecule has 2 atom stereocenters. The molecule has 0 aliphatic heterocycles. The SMILES string of the molecule is CC.N=C(N)c1cccc(CC(CO)C(CO)NC(=O)c2ccc(-c3cccc(CN)c3)cc2)c1. The molecule has 35 heavy (non-hydrogen) atoms. The first kappa shape index (κ1) is 27.7. The van der Waals surface area contributed by atoms with Crippen LogP contribution in [0.5, 0.6) is 0 Å². The Labute approximate surface area is 207 Å². The van der Waals surface area contributed by atoms with E-state index in [4.69, 9.17) is 16.9 Å². The maximum atomic E-state index is 12.8. The second-order valence-electron chi connectivity index (χ2n) is 8.01. The lowest BCUT2D eigenvalue weighted by molar-refractivity contribution is 0.0850. The van der Waals surface area contributed by atoms with Crippen molar-refractivity contribution in [2.24, 2.45) is 17.4 Å². The Morgan fingerprint density at radius 1 is 0.886 bits per heavy atom. The molecule has 0 fully saturated rings. The third kappa shape index (κ3) is 7.75. The second-order valence-corrected chi connectivity index (χ2v) is 8.01. The van der Waals surface area contributed by atoms with Gasteiger partial charge in [-0.1, -0.05) is 62.4 Å². The Balaban J connectivity index is 0.00000210. The number of nitrogens with one attached hydrogen (secondary N) is 2. The molecular weight excluding hydrogens is 440 g/mol. The van der Waals surface area contributed by atoms with Gasteiger partial charge in [0.05, 0.1) is 12.6 Å². The van der Waals surface area contributed by atoms with Crippen LogP contribution in [-0.4, -0.2) is 41.2 Å². The minimum Gasteiger partial charge on any atom is -0.396 e. The molecule has 3 aromatic carbocycles. The molecule has 0 aromatic heterocycles. The Kier molecular flexibility index (Phi) is 11.1. The van der Waals surface area contributed by atoms with Crippen molar-refractivity contribution in [1.29, 1.82) is 5.41 Å². The van der Waals surface area contributed by atoms with E-state index in [0.29, 0.717) is 24.1 Å². The van der Waals surface area contributed by atoms with Gasteiger partial charge in [0, 0.05) is 30.2 Å². The summed E-state index contributed by atoms with van der Waals surface area (Å²) in [7, 11) is 0. The molecule has 2 unspecified atom stereocenters. The van der Waals surface area contributed by atoms with E-state index in [2.05, 4.69) is 5.32 Å². The zero-order valence-electron chi connectivity index (χ0n) is 20.4. The van der Waals surface area contributed by atoms with E-state index in [1.165, 1.54) is 0 Å². The lowest BCUT2D eigenvalue weighted by atomic mass is 9.92. The summed E-state index contributed by atoms with van der Waals surface area (Å²) in [5.74, 6) is -0.769. The van der Waals surface area contributed by atoms with Crippen LogP contribution in [0.15, 0.2) is 72.8 Å². The van der Waals surface area contributed by atoms with Crippen molar-refractivity contribution < 1.29 is 15.0 Å². The molecule has 0 bridgehead atoms. The summed E-state index contributed by atoms with van der Waals surface area (Å²) in [6.07, 6.45) is 0.416. The Morgan fingerprint density at radius 3 is 2.14 bits per heavy atom. The number of amidine groups is 1. The highest BCUT2D eigenvalue weighted by molar-refractivity contribution is 5.95. The van der Waals surface area contributed by atoms with Crippen molar-refractivity contribution in [3.05, 3.63) is 95.1 Å². The fourth-order valence-corrected chi connectivity index (χ4v) is 3.76. The van der Waals surface area contributed by atoms with Crippen molar-refractivity contribution in [3.8, 4) is 11.1 Å². The molecule has 8 N–H and O–H groups in total. The highest BCUT2D eigenvalue weighted by Crippen LogP contribution is 2.21. The van der Waals surface area contributed by atoms with Crippen LogP contribution >= 0.6 is 0 Å². The second kappa shape index (κ2) is 14.0. The molecule has 3 rings (SSSR count). The Hall–Kier alpha value is -3.52. The summed E-state index contributed by atoms with van der Waals surface area (Å²) in [5.41, 5.74) is 16.2. The van der Waals surface area contributed by atoms with Crippen LogP contribution in [0.4, 0.5) is 0 Å². The molecular formula is C28H36N4O3. The summed E-state index contributed by atoms with van der Waals surface area (Å²) in [4.78, 5) is 12.8. The summed E-state index contributed by atoms with van der Waals surface area (Å²) in [5, 5.41) is 30.2. The number of carbonyl (C=O) groups excluding carboxylic acids is 1. The Bertz CT molecular complexity index is 1100. The summed E-state index contributed by atoms with van der Waals surface area (Å²) >= 11 is 0. The van der Waals surface area contributed by atoms with E-state index < -0.39 is 12.0 Å². The first-order valence-corrected chi connectivity index (χ1v) is 11.8. The molecule has 7 nitrogen and oxygen atoms in total. The standard InChI is InChI=1S/C26H30N4O3.C2H6/c27-14-18-4-2-5-21(13-18)19-7-9-20(10-8-19)26(33)30-24(16-32)23(15-31)12-17-3-1-6-22(11-17)25(28)29;1-2/h1-11,13,23-24,31-32H,12,14-16,27H2,(H3,28,29)(H,30,33);1-2H3. The van der Waals surface area contributed by atoms with Gasteiger partial charge >= 0.3 is 0 Å². The molecule has 186 valence electrons. The minimum absolute atomic E-state index is 0.0392. The fraction of sp³-hybridized carbons (Fsp3) is 0.286. The smallest absolute Gasteiger partial charge is 0.251 e. The van der Waals surface area contributed by atoms with Crippen molar-refractivity contribution in [1.82, 2.24) is 5.32 Å². The van der Waals surface area contributed by atoms with E-state index in [-0.39, 0.29) is 25.0 Å². The number of nitrogen functional groups attached to an aromatic ring is 1. The average Bonchev–Trinajstić information content (AvgIpc) is 2.91. The van der Waals surface area contributed by atoms with Gasteiger partial charge in [0.15, 0.2) is 0 Å². The maximum Gasteiger partial charge on any atom is 0.251 e. The van der Waals surface area contributed by atoms with E-state index in [0.717, 1.165) is 22.3 Å². The van der Waals surface area contributed by atoms with Gasteiger partial charge in [-0.15, -0.1) is 0 Å². The predicted molar refractivity (Wildman–Crippen MR) is 141 cm³/mol. The minimum atomic E-state index is -0.635. The van der Waals surface area contributed by atoms with Gasteiger partial charge in [-0.05, 0) is 52.9 Å². The van der Waals surface area contributed by atoms with E-state index in [1.807, 2.05) is 56.3 Å². The number of rotatable bonds is 10. The van der Waals surface area contributed by atoms with Gasteiger partial charge in [-0.2, -0.15) is 0 Å². The van der Waals surface area contributed by atoms with Gasteiger partial charge in [0.25, 0.3) is 5.91 Å². The number of hydrogen-bond donors (Lipinski definition) is 6. The van der Waals surface area contributed by atoms with Crippen LogP contribution in [0.3, 0.4) is 0 Å². The predicted octanol–water partition coefficient (Wildman–Crippen LogP) is 3.06. The van der Waals surface area contributed by atoms with Gasteiger partial charge in [0.2, 0.25) is 0 Å². The zero-order chi connectivity index (χ0) is 25.8. The van der Waals surface area contributed by atoms with Crippen LogP contribution in [0, 0.1) is 11.3 Å². The van der Waals surface area contributed by atoms with E-state index in [9.17, 15) is 15.0 Å². The third-order valence-corrected chi connectivity index (χ3v) is 5.70. The first-order chi connectivity index (χ1) is 16.9. The molecule has 0 aliphatic carbocycles.